The molecule has 3 fully saturated rings. The summed E-state index contributed by atoms with van der Waals surface area (Å²) in [6, 6.07) is 16.8. The summed E-state index contributed by atoms with van der Waals surface area (Å²) in [5.41, 5.74) is 1.92. The fraction of sp³-hybridized carbons (Fsp3) is 0.448. The van der Waals surface area contributed by atoms with Gasteiger partial charge in [0.2, 0.25) is 23.6 Å². The van der Waals surface area contributed by atoms with E-state index in [9.17, 15) is 19.2 Å². The molecule has 3 heterocycles. The maximum absolute atomic E-state index is 13.6. The van der Waals surface area contributed by atoms with Crippen LogP contribution in [0.2, 0.25) is 0 Å². The average molecular weight is 503 g/mol. The molecule has 0 saturated carbocycles. The quantitative estimate of drug-likeness (QED) is 0.667. The minimum atomic E-state index is -0.818. The highest BCUT2D eigenvalue weighted by Gasteiger charge is 2.43. The van der Waals surface area contributed by atoms with E-state index < -0.39 is 24.2 Å². The fourth-order valence-electron chi connectivity index (χ4n) is 5.85. The Morgan fingerprint density at radius 3 is 1.95 bits per heavy atom. The van der Waals surface area contributed by atoms with E-state index in [1.165, 1.54) is 0 Å². The molecule has 0 radical (unpaired) electrons. The van der Waals surface area contributed by atoms with E-state index in [-0.39, 0.29) is 30.0 Å². The zero-order valence-electron chi connectivity index (χ0n) is 21.0. The second-order valence-corrected chi connectivity index (χ2v) is 10.3. The van der Waals surface area contributed by atoms with E-state index in [0.717, 1.165) is 24.0 Å². The van der Waals surface area contributed by atoms with E-state index in [0.29, 0.717) is 38.8 Å². The normalized spacial score (nSPS) is 26.9. The van der Waals surface area contributed by atoms with Crippen molar-refractivity contribution in [1.82, 2.24) is 20.4 Å². The molecule has 0 aromatic heterocycles. The van der Waals surface area contributed by atoms with Gasteiger partial charge in [-0.3, -0.25) is 19.2 Å². The third-order valence-electron chi connectivity index (χ3n) is 7.70. The standard InChI is InChI=1S/C29H34N4O4/c34-26-19-22(17-20-9-3-1-4-10-20)30-27(35)23(18-21-11-5-2-6-12-21)31-28(36)24-13-7-16-33(24)29(37)25-14-8-15-32(25)26/h1-6,9-12,22-25H,7-8,13-19H2,(H,30,35)(H,31,36). The molecular formula is C29H34N4O4. The van der Waals surface area contributed by atoms with Crippen molar-refractivity contribution in [2.75, 3.05) is 13.1 Å². The van der Waals surface area contributed by atoms with E-state index in [1.54, 1.807) is 9.80 Å². The Balaban J connectivity index is 1.47. The van der Waals surface area contributed by atoms with Crippen molar-refractivity contribution in [2.45, 2.75) is 69.1 Å². The third kappa shape index (κ3) is 5.68. The molecule has 3 saturated heterocycles. The molecule has 4 amide bonds. The number of hydrogen-bond donors (Lipinski definition) is 2. The topological polar surface area (TPSA) is 98.8 Å². The number of nitrogens with zero attached hydrogens (tertiary/aromatic N) is 2. The van der Waals surface area contributed by atoms with Crippen molar-refractivity contribution >= 4 is 23.6 Å². The van der Waals surface area contributed by atoms with Crippen LogP contribution < -0.4 is 10.6 Å². The molecule has 3 aliphatic heterocycles. The summed E-state index contributed by atoms with van der Waals surface area (Å²) in [7, 11) is 0. The molecule has 2 aromatic rings. The smallest absolute Gasteiger partial charge is 0.246 e. The molecule has 4 unspecified atom stereocenters. The molecule has 194 valence electrons. The Kier molecular flexibility index (Phi) is 7.53. The fourth-order valence-corrected chi connectivity index (χ4v) is 5.85. The first kappa shape index (κ1) is 25.0. The lowest BCUT2D eigenvalue weighted by Crippen LogP contribution is -2.56. The highest BCUT2D eigenvalue weighted by molar-refractivity contribution is 5.95. The summed E-state index contributed by atoms with van der Waals surface area (Å²) in [5, 5.41) is 6.03. The van der Waals surface area contributed by atoms with Gasteiger partial charge < -0.3 is 20.4 Å². The SMILES string of the molecule is O=C1NC(Cc2ccccc2)CC(=O)N2CCCC2C(=O)N2CCCC2C(=O)NC1Cc1ccccc1. The van der Waals surface area contributed by atoms with Gasteiger partial charge >= 0.3 is 0 Å². The van der Waals surface area contributed by atoms with Crippen molar-refractivity contribution in [3.05, 3.63) is 71.8 Å². The average Bonchev–Trinajstić information content (AvgIpc) is 3.59. The monoisotopic (exact) mass is 502 g/mol. The van der Waals surface area contributed by atoms with Gasteiger partial charge in [0.15, 0.2) is 0 Å². The van der Waals surface area contributed by atoms with Crippen LogP contribution in [0, 0.1) is 0 Å². The zero-order chi connectivity index (χ0) is 25.8. The van der Waals surface area contributed by atoms with Crippen molar-refractivity contribution < 1.29 is 19.2 Å². The van der Waals surface area contributed by atoms with Crippen LogP contribution in [0.1, 0.15) is 43.2 Å². The number of amides is 4. The highest BCUT2D eigenvalue weighted by atomic mass is 16.2. The molecule has 0 bridgehead atoms. The van der Waals surface area contributed by atoms with Gasteiger partial charge in [0.05, 0.1) is 0 Å². The Labute approximate surface area is 217 Å². The molecule has 3 aliphatic rings. The van der Waals surface area contributed by atoms with Crippen LogP contribution in [0.25, 0.3) is 0 Å². The van der Waals surface area contributed by atoms with Gasteiger partial charge in [-0.2, -0.15) is 0 Å². The summed E-state index contributed by atoms with van der Waals surface area (Å²) >= 11 is 0. The molecule has 8 nitrogen and oxygen atoms in total. The van der Waals surface area contributed by atoms with Crippen molar-refractivity contribution in [3.63, 3.8) is 0 Å². The van der Waals surface area contributed by atoms with Crippen molar-refractivity contribution in [1.29, 1.82) is 0 Å². The van der Waals surface area contributed by atoms with E-state index >= 15 is 0 Å². The number of nitrogens with one attached hydrogen (secondary N) is 2. The second-order valence-electron chi connectivity index (χ2n) is 10.3. The lowest BCUT2D eigenvalue weighted by atomic mass is 10.0. The largest absolute Gasteiger partial charge is 0.351 e. The van der Waals surface area contributed by atoms with Gasteiger partial charge in [-0.15, -0.1) is 0 Å². The summed E-state index contributed by atoms with van der Waals surface area (Å²) in [5.74, 6) is -0.914. The maximum Gasteiger partial charge on any atom is 0.246 e. The molecule has 5 rings (SSSR count). The van der Waals surface area contributed by atoms with Crippen LogP contribution in [0.5, 0.6) is 0 Å². The van der Waals surface area contributed by atoms with E-state index in [1.807, 2.05) is 60.7 Å². The van der Waals surface area contributed by atoms with Crippen molar-refractivity contribution in [2.24, 2.45) is 0 Å². The Bertz CT molecular complexity index is 1140. The minimum Gasteiger partial charge on any atom is -0.351 e. The highest BCUT2D eigenvalue weighted by Crippen LogP contribution is 2.26. The van der Waals surface area contributed by atoms with Gasteiger partial charge in [-0.05, 0) is 43.2 Å². The van der Waals surface area contributed by atoms with Crippen LogP contribution >= 0.6 is 0 Å². The first-order chi connectivity index (χ1) is 18.0. The van der Waals surface area contributed by atoms with Crippen molar-refractivity contribution in [3.8, 4) is 0 Å². The molecule has 37 heavy (non-hydrogen) atoms. The zero-order valence-corrected chi connectivity index (χ0v) is 21.0. The maximum atomic E-state index is 13.6. The number of hydrogen-bond acceptors (Lipinski definition) is 4. The van der Waals surface area contributed by atoms with Gasteiger partial charge in [-0.1, -0.05) is 60.7 Å². The van der Waals surface area contributed by atoms with E-state index in [4.69, 9.17) is 0 Å². The van der Waals surface area contributed by atoms with Crippen LogP contribution in [-0.4, -0.2) is 70.7 Å². The van der Waals surface area contributed by atoms with Gasteiger partial charge in [-0.25, -0.2) is 0 Å². The van der Waals surface area contributed by atoms with Crippen LogP contribution in [0.3, 0.4) is 0 Å². The number of carbonyl (C=O) groups excluding carboxylic acids is 4. The van der Waals surface area contributed by atoms with Crippen LogP contribution in [0.15, 0.2) is 60.7 Å². The third-order valence-corrected chi connectivity index (χ3v) is 7.70. The molecule has 0 aliphatic carbocycles. The molecule has 2 N–H and O–H groups in total. The van der Waals surface area contributed by atoms with Gasteiger partial charge in [0.25, 0.3) is 0 Å². The lowest BCUT2D eigenvalue weighted by molar-refractivity contribution is -0.146. The Hall–Kier alpha value is -3.68. The number of carbonyl (C=O) groups is 4. The molecule has 0 spiro atoms. The molecule has 2 aromatic carbocycles. The number of rotatable bonds is 4. The second kappa shape index (κ2) is 11.2. The summed E-state index contributed by atoms with van der Waals surface area (Å²) in [6.45, 7) is 1.00. The summed E-state index contributed by atoms with van der Waals surface area (Å²) in [4.78, 5) is 57.5. The number of fused-ring (bicyclic) bond motifs is 2. The van der Waals surface area contributed by atoms with Crippen LogP contribution in [0.4, 0.5) is 0 Å². The molecular weight excluding hydrogens is 468 g/mol. The number of benzene rings is 2. The summed E-state index contributed by atoms with van der Waals surface area (Å²) < 4.78 is 0. The first-order valence-electron chi connectivity index (χ1n) is 13.3. The predicted molar refractivity (Wildman–Crippen MR) is 138 cm³/mol. The minimum absolute atomic E-state index is 0.0971. The van der Waals surface area contributed by atoms with E-state index in [2.05, 4.69) is 10.6 Å². The Morgan fingerprint density at radius 1 is 0.676 bits per heavy atom. The van der Waals surface area contributed by atoms with Gasteiger partial charge in [0.1, 0.15) is 18.1 Å². The predicted octanol–water partition coefficient (Wildman–Crippen LogP) is 1.83. The molecule has 4 atom stereocenters. The van der Waals surface area contributed by atoms with Crippen LogP contribution in [-0.2, 0) is 32.0 Å². The lowest BCUT2D eigenvalue weighted by Gasteiger charge is -2.31. The first-order valence-corrected chi connectivity index (χ1v) is 13.3. The summed E-state index contributed by atoms with van der Waals surface area (Å²) in [6.07, 6.45) is 3.52. The van der Waals surface area contributed by atoms with Gasteiger partial charge in [0, 0.05) is 32.0 Å². The molecule has 8 heteroatoms. The Morgan fingerprint density at radius 2 is 1.27 bits per heavy atom.